The smallest absolute Gasteiger partial charge is 0.303 e. The molecule has 20 N–H and O–H groups in total. The minimum Gasteiger partial charge on any atom is -0.481 e. The van der Waals surface area contributed by atoms with Gasteiger partial charge in [0.1, 0.15) is 36.3 Å². The number of carbonyl (C=O) groups excluding carboxylic acids is 8. The summed E-state index contributed by atoms with van der Waals surface area (Å²) in [5, 5.41) is 33.5. The molecule has 6 atom stereocenters. The highest BCUT2D eigenvalue weighted by Crippen LogP contribution is 2.10. The van der Waals surface area contributed by atoms with Gasteiger partial charge in [0.15, 0.2) is 11.9 Å². The molecule has 0 aromatic heterocycles. The summed E-state index contributed by atoms with van der Waals surface area (Å²) < 4.78 is 0. The maximum Gasteiger partial charge on any atom is 0.303 e. The van der Waals surface area contributed by atoms with Gasteiger partial charge < -0.3 is 76.5 Å². The van der Waals surface area contributed by atoms with Crippen molar-refractivity contribution in [3.63, 3.8) is 0 Å². The Labute approximate surface area is 396 Å². The van der Waals surface area contributed by atoms with E-state index in [1.807, 2.05) is 0 Å². The van der Waals surface area contributed by atoms with Crippen LogP contribution in [0.3, 0.4) is 0 Å². The molecule has 26 nitrogen and oxygen atoms in total. The number of rotatable bonds is 34. The molecule has 0 unspecified atom stereocenters. The highest BCUT2D eigenvalue weighted by molar-refractivity contribution is 7.98. The molecule has 0 saturated carbocycles. The van der Waals surface area contributed by atoms with Gasteiger partial charge in [0.25, 0.3) is 0 Å². The van der Waals surface area contributed by atoms with Gasteiger partial charge in [-0.15, -0.1) is 0 Å². The van der Waals surface area contributed by atoms with Crippen LogP contribution in [0.15, 0.2) is 46.4 Å². The lowest BCUT2D eigenvalue weighted by Crippen LogP contribution is -2.59. The molecular weight excluding hydrogens is 913 g/mol. The highest BCUT2D eigenvalue weighted by Gasteiger charge is 2.33. The predicted molar refractivity (Wildman–Crippen MR) is 251 cm³/mol. The average Bonchev–Trinajstić information content (AvgIpc) is 3.27. The van der Waals surface area contributed by atoms with Crippen molar-refractivity contribution in [2.45, 2.75) is 107 Å². The van der Waals surface area contributed by atoms with Crippen molar-refractivity contribution < 1.29 is 58.2 Å². The van der Waals surface area contributed by atoms with Crippen molar-refractivity contribution >= 4 is 89.0 Å². The van der Waals surface area contributed by atoms with Gasteiger partial charge in [-0.3, -0.25) is 57.9 Å². The summed E-state index contributed by atoms with van der Waals surface area (Å²) in [5.41, 5.74) is 33.1. The van der Waals surface area contributed by atoms with Crippen LogP contribution in [-0.2, 0) is 47.9 Å². The molecule has 0 aliphatic rings. The number of primary amides is 2. The molecule has 0 radical (unpaired) electrons. The molecule has 0 saturated heterocycles. The van der Waals surface area contributed by atoms with E-state index in [1.54, 1.807) is 36.6 Å². The molecular formula is C41H64N14O12S. The zero-order chi connectivity index (χ0) is 51.2. The fourth-order valence-electron chi connectivity index (χ4n) is 6.01. The Balaban J connectivity index is 3.44. The van der Waals surface area contributed by atoms with Gasteiger partial charge in [-0.25, -0.2) is 0 Å². The van der Waals surface area contributed by atoms with Crippen molar-refractivity contribution in [3.05, 3.63) is 42.0 Å². The Morgan fingerprint density at radius 2 is 0.926 bits per heavy atom. The Bertz CT molecular complexity index is 1980. The third-order valence-electron chi connectivity index (χ3n) is 9.53. The van der Waals surface area contributed by atoms with Crippen LogP contribution in [0.2, 0.25) is 0 Å². The molecule has 8 amide bonds. The van der Waals surface area contributed by atoms with Gasteiger partial charge in [-0.1, -0.05) is 30.3 Å². The topological polar surface area (TPSA) is 464 Å². The number of carboxylic acids is 2. The minimum absolute atomic E-state index is 0.0163. The fraction of sp³-hybridized carbons (Fsp3) is 0.512. The number of hydrogen-bond acceptors (Lipinski definition) is 13. The molecule has 376 valence electrons. The van der Waals surface area contributed by atoms with E-state index in [-0.39, 0.29) is 62.9 Å². The van der Waals surface area contributed by atoms with Crippen LogP contribution in [0.25, 0.3) is 6.08 Å². The lowest BCUT2D eigenvalue weighted by molar-refractivity contribution is -0.140. The van der Waals surface area contributed by atoms with Gasteiger partial charge in [0.2, 0.25) is 47.3 Å². The number of nitrogens with one attached hydrogen (secondary N) is 6. The van der Waals surface area contributed by atoms with Crippen LogP contribution in [0.1, 0.15) is 76.2 Å². The van der Waals surface area contributed by atoms with Gasteiger partial charge in [0.05, 0.1) is 0 Å². The number of hydrogen-bond donors (Lipinski definition) is 14. The summed E-state index contributed by atoms with van der Waals surface area (Å²) in [5.74, 6) is -10.3. The molecule has 1 aromatic carbocycles. The van der Waals surface area contributed by atoms with Crippen LogP contribution >= 0.6 is 11.8 Å². The number of nitrogens with zero attached hydrogens (tertiary/aromatic N) is 2. The quantitative estimate of drug-likeness (QED) is 0.0135. The number of aliphatic imine (C=N–C) groups is 2. The number of carbonyl (C=O) groups is 10. The second kappa shape index (κ2) is 32.3. The molecule has 68 heavy (non-hydrogen) atoms. The van der Waals surface area contributed by atoms with E-state index >= 15 is 0 Å². The minimum atomic E-state index is -1.64. The normalized spacial score (nSPS) is 13.4. The SMILES string of the molecule is CSCC[C@H](NC(=O)[C@H](CCC(=O)O)NC(=O)[C@H](CCC(=O)O)NC(=O)/C=C/c1ccccc1)C(=O)N[C@@H](CCC(N)=O)C(=O)N[C@@H](CCCN=C(N)N)C(=O)N[C@@H](CCCN=C(N)N)C(N)=O. The number of carboxylic acid groups (broad SMARTS) is 2. The first-order chi connectivity index (χ1) is 32.1. The van der Waals surface area contributed by atoms with Crippen LogP contribution in [0.5, 0.6) is 0 Å². The van der Waals surface area contributed by atoms with Gasteiger partial charge in [0, 0.05) is 38.4 Å². The molecule has 0 aliphatic heterocycles. The third kappa shape index (κ3) is 25.9. The highest BCUT2D eigenvalue weighted by atomic mass is 32.2. The van der Waals surface area contributed by atoms with Crippen LogP contribution in [0.4, 0.5) is 0 Å². The molecule has 0 aliphatic carbocycles. The fourth-order valence-corrected chi connectivity index (χ4v) is 6.48. The summed E-state index contributed by atoms with van der Waals surface area (Å²) in [7, 11) is 0. The zero-order valence-electron chi connectivity index (χ0n) is 37.6. The number of guanidine groups is 2. The van der Waals surface area contributed by atoms with Crippen LogP contribution in [0, 0.1) is 0 Å². The van der Waals surface area contributed by atoms with Crippen molar-refractivity contribution in [3.8, 4) is 0 Å². The van der Waals surface area contributed by atoms with Crippen LogP contribution < -0.4 is 66.3 Å². The van der Waals surface area contributed by atoms with Gasteiger partial charge in [-0.2, -0.15) is 11.8 Å². The predicted octanol–water partition coefficient (Wildman–Crippen LogP) is -4.05. The summed E-state index contributed by atoms with van der Waals surface area (Å²) in [4.78, 5) is 137. The van der Waals surface area contributed by atoms with Crippen molar-refractivity contribution in [2.24, 2.45) is 44.4 Å². The number of nitrogens with two attached hydrogens (primary N) is 6. The number of benzene rings is 1. The first-order valence-electron chi connectivity index (χ1n) is 21.3. The molecule has 27 heteroatoms. The summed E-state index contributed by atoms with van der Waals surface area (Å²) in [6.07, 6.45) is 1.45. The average molecular weight is 977 g/mol. The van der Waals surface area contributed by atoms with E-state index in [0.29, 0.717) is 5.56 Å². The zero-order valence-corrected chi connectivity index (χ0v) is 38.5. The van der Waals surface area contributed by atoms with E-state index in [1.165, 1.54) is 17.8 Å². The third-order valence-corrected chi connectivity index (χ3v) is 10.2. The van der Waals surface area contributed by atoms with Crippen molar-refractivity contribution in [2.75, 3.05) is 25.1 Å². The largest absolute Gasteiger partial charge is 0.481 e. The van der Waals surface area contributed by atoms with Gasteiger partial charge in [-0.05, 0) is 75.0 Å². The number of thioether (sulfide) groups is 1. The Kier molecular flexibility index (Phi) is 27.8. The monoisotopic (exact) mass is 976 g/mol. The van der Waals surface area contributed by atoms with Crippen molar-refractivity contribution in [1.82, 2.24) is 31.9 Å². The summed E-state index contributed by atoms with van der Waals surface area (Å²) in [6.45, 7) is 0.136. The Morgan fingerprint density at radius 3 is 1.32 bits per heavy atom. The lowest BCUT2D eigenvalue weighted by atomic mass is 10.0. The number of amides is 8. The molecule has 1 rings (SSSR count). The lowest BCUT2D eigenvalue weighted by Gasteiger charge is -2.27. The second-order valence-corrected chi connectivity index (χ2v) is 16.0. The van der Waals surface area contributed by atoms with E-state index in [9.17, 15) is 58.2 Å². The maximum absolute atomic E-state index is 14.0. The molecule has 0 fully saturated rings. The Morgan fingerprint density at radius 1 is 0.544 bits per heavy atom. The summed E-state index contributed by atoms with van der Waals surface area (Å²) >= 11 is 1.27. The molecule has 0 bridgehead atoms. The van der Waals surface area contributed by atoms with Crippen LogP contribution in [-0.4, -0.2) is 143 Å². The maximum atomic E-state index is 14.0. The second-order valence-electron chi connectivity index (χ2n) is 15.1. The first kappa shape index (κ1) is 58.6. The molecule has 0 spiro atoms. The molecule has 1 aromatic rings. The van der Waals surface area contributed by atoms with E-state index in [2.05, 4.69) is 41.9 Å². The number of aliphatic carboxylic acids is 2. The molecule has 0 heterocycles. The standard InChI is InChI=1S/C41H64N14O12S/c1-68-22-19-29(55-38(66)28(14-18-33(60)61)54-36(64)26(13-17-32(58)59)50-31(57)16-11-23-7-3-2-4-8-23)39(67)53-27(12-15-30(42)56)37(65)52-25(10-6-21-49-41(46)47)35(63)51-24(34(43)62)9-5-20-48-40(44)45/h2-4,7-8,11,16,24-29H,5-6,9-10,12-15,17-22H2,1H3,(H2,42,56)(H2,43,62)(H,50,57)(H,51,63)(H,52,65)(H,53,67)(H,54,64)(H,55,66)(H,58,59)(H,60,61)(H4,44,45,48)(H4,46,47,49)/b16-11+/t24-,25-,26-,27-,28-,29-/m0/s1. The van der Waals surface area contributed by atoms with E-state index in [4.69, 9.17) is 34.4 Å². The first-order valence-corrected chi connectivity index (χ1v) is 22.7. The summed E-state index contributed by atoms with van der Waals surface area (Å²) in [6, 6.07) is -0.161. The van der Waals surface area contributed by atoms with Gasteiger partial charge >= 0.3 is 11.9 Å². The van der Waals surface area contributed by atoms with E-state index in [0.717, 1.165) is 6.08 Å². The van der Waals surface area contributed by atoms with Crippen molar-refractivity contribution in [1.29, 1.82) is 0 Å². The Hall–Kier alpha value is -7.45. The van der Waals surface area contributed by atoms with E-state index < -0.39 is 134 Å².